The highest BCUT2D eigenvalue weighted by molar-refractivity contribution is 8.03. The molecule has 0 aromatic heterocycles. The van der Waals surface area contributed by atoms with Crippen molar-refractivity contribution in [3.8, 4) is 5.40 Å². The molecule has 3 fully saturated rings. The monoisotopic (exact) mass is 341 g/mol. The highest BCUT2D eigenvalue weighted by Crippen LogP contribution is 2.40. The van der Waals surface area contributed by atoms with E-state index in [0.717, 1.165) is 25.9 Å². The third-order valence-electron chi connectivity index (χ3n) is 4.04. The van der Waals surface area contributed by atoms with Crippen molar-refractivity contribution in [2.75, 3.05) is 12.4 Å². The molecule has 0 saturated carbocycles. The van der Waals surface area contributed by atoms with Gasteiger partial charge < -0.3 is 23.7 Å². The van der Waals surface area contributed by atoms with E-state index in [2.05, 4.69) is 0 Å². The van der Waals surface area contributed by atoms with Crippen molar-refractivity contribution < 1.29 is 23.7 Å². The summed E-state index contributed by atoms with van der Waals surface area (Å²) in [6, 6.07) is 0. The van der Waals surface area contributed by atoms with E-state index in [1.54, 1.807) is 0 Å². The van der Waals surface area contributed by atoms with E-state index in [1.165, 1.54) is 11.8 Å². The van der Waals surface area contributed by atoms with Gasteiger partial charge in [0.05, 0.1) is 0 Å². The van der Waals surface area contributed by atoms with E-state index >= 15 is 0 Å². The number of hydrogen-bond acceptors (Lipinski definition) is 7. The van der Waals surface area contributed by atoms with Gasteiger partial charge in [-0.2, -0.15) is 5.26 Å². The molecule has 0 aromatic carbocycles. The van der Waals surface area contributed by atoms with Gasteiger partial charge >= 0.3 is 0 Å². The van der Waals surface area contributed by atoms with Crippen LogP contribution in [-0.2, 0) is 23.7 Å². The lowest BCUT2D eigenvalue weighted by molar-refractivity contribution is -0.284. The lowest BCUT2D eigenvalue weighted by atomic mass is 10.1. The number of ether oxygens (including phenoxy) is 5. The maximum absolute atomic E-state index is 8.57. The summed E-state index contributed by atoms with van der Waals surface area (Å²) in [4.78, 5) is 0. The normalized spacial score (nSPS) is 39.4. The second-order valence-corrected chi connectivity index (χ2v) is 7.10. The molecule has 3 aliphatic rings. The lowest BCUT2D eigenvalue weighted by Crippen LogP contribution is -2.36. The smallest absolute Gasteiger partial charge is 0.190 e. The molecule has 3 rings (SSSR count). The lowest BCUT2D eigenvalue weighted by Gasteiger charge is -2.28. The molecule has 0 amide bonds. The second-order valence-electron chi connectivity index (χ2n) is 6.30. The summed E-state index contributed by atoms with van der Waals surface area (Å²) in [6.07, 6.45) is 5.45. The van der Waals surface area contributed by atoms with Gasteiger partial charge in [0.25, 0.3) is 0 Å². The van der Waals surface area contributed by atoms with Crippen molar-refractivity contribution in [1.29, 1.82) is 5.26 Å². The summed E-state index contributed by atoms with van der Waals surface area (Å²) in [5.41, 5.74) is 0. The molecular formula is C16H23NO5S. The molecule has 5 atom stereocenters. The number of nitrogens with zero attached hydrogens (tertiary/aromatic N) is 1. The van der Waals surface area contributed by atoms with Gasteiger partial charge in [-0.25, -0.2) is 0 Å². The molecule has 1 unspecified atom stereocenters. The van der Waals surface area contributed by atoms with Crippen LogP contribution in [0.5, 0.6) is 0 Å². The highest BCUT2D eigenvalue weighted by Gasteiger charge is 2.55. The third kappa shape index (κ3) is 4.27. The first-order valence-corrected chi connectivity index (χ1v) is 9.03. The van der Waals surface area contributed by atoms with Crippen LogP contribution in [0.2, 0.25) is 0 Å². The van der Waals surface area contributed by atoms with Crippen molar-refractivity contribution in [2.45, 2.75) is 69.8 Å². The van der Waals surface area contributed by atoms with Crippen molar-refractivity contribution >= 4 is 11.8 Å². The van der Waals surface area contributed by atoms with Gasteiger partial charge in [-0.15, -0.1) is 0 Å². The quantitative estimate of drug-likeness (QED) is 0.432. The van der Waals surface area contributed by atoms with Crippen LogP contribution in [0.15, 0.2) is 12.2 Å². The summed E-state index contributed by atoms with van der Waals surface area (Å²) in [5.74, 6) is -0.0309. The fourth-order valence-corrected chi connectivity index (χ4v) is 3.38. The fourth-order valence-electron chi connectivity index (χ4n) is 3.10. The number of thioether (sulfide) groups is 1. The van der Waals surface area contributed by atoms with E-state index in [9.17, 15) is 0 Å². The molecule has 23 heavy (non-hydrogen) atoms. The highest BCUT2D eigenvalue weighted by atomic mass is 32.2. The Morgan fingerprint density at radius 3 is 2.87 bits per heavy atom. The Labute approximate surface area is 141 Å². The second kappa shape index (κ2) is 7.51. The molecule has 0 aliphatic carbocycles. The van der Waals surface area contributed by atoms with Crippen LogP contribution in [0, 0.1) is 10.7 Å². The van der Waals surface area contributed by atoms with Crippen LogP contribution < -0.4 is 0 Å². The minimum Gasteiger partial charge on any atom is -0.353 e. The number of hydrogen-bond donors (Lipinski definition) is 0. The van der Waals surface area contributed by atoms with Gasteiger partial charge in [-0.05, 0) is 44.9 Å². The zero-order valence-corrected chi connectivity index (χ0v) is 14.3. The van der Waals surface area contributed by atoms with E-state index in [-0.39, 0.29) is 24.6 Å². The van der Waals surface area contributed by atoms with Crippen LogP contribution in [0.3, 0.4) is 0 Å². The summed E-state index contributed by atoms with van der Waals surface area (Å²) >= 11 is 1.19. The van der Waals surface area contributed by atoms with Gasteiger partial charge in [0.15, 0.2) is 18.4 Å². The molecule has 0 aromatic rings. The maximum atomic E-state index is 8.57. The Morgan fingerprint density at radius 1 is 1.30 bits per heavy atom. The van der Waals surface area contributed by atoms with E-state index in [1.807, 2.05) is 31.4 Å². The van der Waals surface area contributed by atoms with E-state index in [4.69, 9.17) is 28.9 Å². The maximum Gasteiger partial charge on any atom is 0.190 e. The third-order valence-corrected chi connectivity index (χ3v) is 4.53. The molecular weight excluding hydrogens is 318 g/mol. The largest absolute Gasteiger partial charge is 0.353 e. The van der Waals surface area contributed by atoms with Crippen LogP contribution in [0.4, 0.5) is 0 Å². The number of rotatable bonds is 5. The average molecular weight is 341 g/mol. The first-order valence-electron chi connectivity index (χ1n) is 8.05. The van der Waals surface area contributed by atoms with Crippen LogP contribution in [0.25, 0.3) is 0 Å². The van der Waals surface area contributed by atoms with Gasteiger partial charge in [-0.3, -0.25) is 0 Å². The molecule has 0 N–H and O–H groups in total. The summed E-state index contributed by atoms with van der Waals surface area (Å²) < 4.78 is 29.5. The minimum atomic E-state index is -0.651. The summed E-state index contributed by atoms with van der Waals surface area (Å²) in [7, 11) is 0. The predicted molar refractivity (Wildman–Crippen MR) is 84.4 cm³/mol. The molecule has 0 radical (unpaired) electrons. The number of fused-ring (bicyclic) bond motifs is 1. The van der Waals surface area contributed by atoms with Crippen LogP contribution >= 0.6 is 11.8 Å². The first kappa shape index (κ1) is 17.2. The fraction of sp³-hybridized carbons (Fsp3) is 0.812. The summed E-state index contributed by atoms with van der Waals surface area (Å²) in [6.45, 7) is 4.51. The van der Waals surface area contributed by atoms with Crippen molar-refractivity contribution in [3.05, 3.63) is 12.2 Å². The molecule has 3 heterocycles. The van der Waals surface area contributed by atoms with Crippen molar-refractivity contribution in [2.24, 2.45) is 0 Å². The molecule has 7 heteroatoms. The van der Waals surface area contributed by atoms with E-state index in [0.29, 0.717) is 5.75 Å². The van der Waals surface area contributed by atoms with Gasteiger partial charge in [-0.1, -0.05) is 12.2 Å². The molecule has 128 valence electrons. The molecule has 0 bridgehead atoms. The predicted octanol–water partition coefficient (Wildman–Crippen LogP) is 2.55. The van der Waals surface area contributed by atoms with Gasteiger partial charge in [0, 0.05) is 12.4 Å². The van der Waals surface area contributed by atoms with Crippen LogP contribution in [-0.4, -0.2) is 49.0 Å². The Bertz CT molecular complexity index is 472. The topological polar surface area (TPSA) is 69.9 Å². The van der Waals surface area contributed by atoms with Gasteiger partial charge in [0.1, 0.15) is 23.7 Å². The average Bonchev–Trinajstić information content (AvgIpc) is 3.00. The number of nitriles is 1. The van der Waals surface area contributed by atoms with E-state index < -0.39 is 12.1 Å². The van der Waals surface area contributed by atoms with Crippen molar-refractivity contribution in [1.82, 2.24) is 0 Å². The Balaban J connectivity index is 1.63. The van der Waals surface area contributed by atoms with Crippen LogP contribution in [0.1, 0.15) is 33.1 Å². The number of thiocyanates is 1. The van der Waals surface area contributed by atoms with Gasteiger partial charge in [0.2, 0.25) is 0 Å². The Morgan fingerprint density at radius 2 is 2.13 bits per heavy atom. The molecule has 0 spiro atoms. The SMILES string of the molecule is CC1(C)O[C@H]2[C@H](OC3CCCCO3)O[C@H](/C=C/CSC#N)[C@H]2O1. The zero-order chi connectivity index (χ0) is 16.3. The standard InChI is InChI=1S/C16H23NO5S/c1-16(2)21-13-11(6-5-9-23-10-17)19-15(14(13)22-16)20-12-7-3-4-8-18-12/h5-6,11-15H,3-4,7-9H2,1-2H3/b6-5+/t11-,12?,13-,14-,15+/m1/s1. The minimum absolute atomic E-state index is 0.207. The zero-order valence-electron chi connectivity index (χ0n) is 13.5. The molecule has 3 saturated heterocycles. The Hall–Kier alpha value is -0.620. The molecule has 3 aliphatic heterocycles. The summed E-state index contributed by atoms with van der Waals surface area (Å²) in [5, 5.41) is 10.6. The Kier molecular flexibility index (Phi) is 5.62. The van der Waals surface area contributed by atoms with Crippen molar-refractivity contribution in [3.63, 3.8) is 0 Å². The first-order chi connectivity index (χ1) is 11.1. The molecule has 6 nitrogen and oxygen atoms in total.